The predicted octanol–water partition coefficient (Wildman–Crippen LogP) is 1.49. The van der Waals surface area contributed by atoms with Gasteiger partial charge in [0.2, 0.25) is 0 Å². The van der Waals surface area contributed by atoms with Crippen LogP contribution in [0.25, 0.3) is 0 Å². The van der Waals surface area contributed by atoms with E-state index in [4.69, 9.17) is 5.73 Å². The molecule has 0 aliphatic heterocycles. The Bertz CT molecular complexity index is 167. The minimum atomic E-state index is -4.80. The van der Waals surface area contributed by atoms with Gasteiger partial charge in [0.15, 0.2) is 0 Å². The van der Waals surface area contributed by atoms with Gasteiger partial charge in [0, 0.05) is 0 Å². The van der Waals surface area contributed by atoms with E-state index in [1.54, 1.807) is 6.92 Å². The molecule has 0 aliphatic rings. The van der Waals surface area contributed by atoms with Crippen molar-refractivity contribution in [3.05, 3.63) is 0 Å². The van der Waals surface area contributed by atoms with Gasteiger partial charge in [0.25, 0.3) is 5.78 Å². The van der Waals surface area contributed by atoms with E-state index in [0.29, 0.717) is 6.42 Å². The monoisotopic (exact) mass is 183 g/mol. The van der Waals surface area contributed by atoms with Gasteiger partial charge in [-0.1, -0.05) is 20.3 Å². The molecule has 0 fully saturated rings. The molecule has 0 bridgehead atoms. The number of carbonyl (C=O) groups excluding carboxylic acids is 1. The fourth-order valence-corrected chi connectivity index (χ4v) is 0.701. The van der Waals surface area contributed by atoms with Crippen molar-refractivity contribution in [2.45, 2.75) is 32.5 Å². The van der Waals surface area contributed by atoms with E-state index in [0.717, 1.165) is 0 Å². The molecule has 0 radical (unpaired) electrons. The van der Waals surface area contributed by atoms with Crippen LogP contribution in [-0.4, -0.2) is 18.0 Å². The molecule has 2 N–H and O–H groups in total. The Balaban J connectivity index is 4.30. The minimum absolute atomic E-state index is 0.431. The van der Waals surface area contributed by atoms with Crippen LogP contribution in [0.1, 0.15) is 20.3 Å². The van der Waals surface area contributed by atoms with Crippen molar-refractivity contribution in [2.75, 3.05) is 0 Å². The molecule has 5 heteroatoms. The zero-order chi connectivity index (χ0) is 9.94. The third kappa shape index (κ3) is 2.81. The predicted molar refractivity (Wildman–Crippen MR) is 38.5 cm³/mol. The van der Waals surface area contributed by atoms with Crippen LogP contribution in [-0.2, 0) is 4.79 Å². The first-order valence-corrected chi connectivity index (χ1v) is 3.67. The van der Waals surface area contributed by atoms with E-state index in [1.165, 1.54) is 6.92 Å². The Kier molecular flexibility index (Phi) is 3.70. The van der Waals surface area contributed by atoms with Crippen molar-refractivity contribution >= 4 is 5.78 Å². The van der Waals surface area contributed by atoms with Gasteiger partial charge in [-0.2, -0.15) is 13.2 Å². The van der Waals surface area contributed by atoms with Gasteiger partial charge in [-0.15, -0.1) is 0 Å². The summed E-state index contributed by atoms with van der Waals surface area (Å²) in [4.78, 5) is 10.5. The summed E-state index contributed by atoms with van der Waals surface area (Å²) >= 11 is 0. The van der Waals surface area contributed by atoms with Gasteiger partial charge >= 0.3 is 6.18 Å². The highest BCUT2D eigenvalue weighted by atomic mass is 19.4. The maximum Gasteiger partial charge on any atom is 0.451 e. The van der Waals surface area contributed by atoms with Crippen LogP contribution in [0.4, 0.5) is 13.2 Å². The van der Waals surface area contributed by atoms with Crippen LogP contribution in [0.5, 0.6) is 0 Å². The molecule has 0 rings (SSSR count). The molecule has 0 aromatic carbocycles. The summed E-state index contributed by atoms with van der Waals surface area (Å²) in [5.41, 5.74) is 5.09. The van der Waals surface area contributed by atoms with E-state index in [-0.39, 0.29) is 0 Å². The van der Waals surface area contributed by atoms with Gasteiger partial charge in [-0.05, 0) is 5.92 Å². The molecule has 0 aromatic heterocycles. The fraction of sp³-hybridized carbons (Fsp3) is 0.857. The van der Waals surface area contributed by atoms with Crippen molar-refractivity contribution in [1.82, 2.24) is 0 Å². The topological polar surface area (TPSA) is 43.1 Å². The molecule has 0 amide bonds. The maximum absolute atomic E-state index is 11.8. The largest absolute Gasteiger partial charge is 0.451 e. The molecule has 2 nitrogen and oxygen atoms in total. The highest BCUT2D eigenvalue weighted by molar-refractivity contribution is 5.89. The zero-order valence-electron chi connectivity index (χ0n) is 6.98. The number of carbonyl (C=O) groups is 1. The number of hydrogen-bond donors (Lipinski definition) is 1. The van der Waals surface area contributed by atoms with E-state index in [2.05, 4.69) is 0 Å². The first kappa shape index (κ1) is 11.4. The highest BCUT2D eigenvalue weighted by Crippen LogP contribution is 2.20. The number of halogens is 3. The van der Waals surface area contributed by atoms with Crippen LogP contribution >= 0.6 is 0 Å². The summed E-state index contributed by atoms with van der Waals surface area (Å²) in [6.45, 7) is 3.21. The summed E-state index contributed by atoms with van der Waals surface area (Å²) in [6.07, 6.45) is -4.34. The van der Waals surface area contributed by atoms with Gasteiger partial charge in [0.05, 0.1) is 6.04 Å². The van der Waals surface area contributed by atoms with E-state index in [9.17, 15) is 18.0 Å². The van der Waals surface area contributed by atoms with Gasteiger partial charge < -0.3 is 5.73 Å². The second-order valence-electron chi connectivity index (χ2n) is 2.77. The Hall–Kier alpha value is -0.580. The molecule has 2 atom stereocenters. The Morgan fingerprint density at radius 2 is 1.92 bits per heavy atom. The average Bonchev–Trinajstić information content (AvgIpc) is 1.98. The molecule has 12 heavy (non-hydrogen) atoms. The number of rotatable bonds is 3. The lowest BCUT2D eigenvalue weighted by Gasteiger charge is -2.17. The third-order valence-electron chi connectivity index (χ3n) is 1.84. The standard InChI is InChI=1S/C7H12F3NO/c1-3-4(2)5(11)6(12)7(8,9)10/h4-5H,3,11H2,1-2H3/t4-,5+/m1/s1. The van der Waals surface area contributed by atoms with Crippen LogP contribution in [0, 0.1) is 5.92 Å². The van der Waals surface area contributed by atoms with Crippen molar-refractivity contribution in [3.8, 4) is 0 Å². The number of Topliss-reactive ketones (excluding diaryl/α,β-unsaturated/α-hetero) is 1. The van der Waals surface area contributed by atoms with E-state index >= 15 is 0 Å². The summed E-state index contributed by atoms with van der Waals surface area (Å²) in [7, 11) is 0. The molecular formula is C7H12F3NO. The van der Waals surface area contributed by atoms with E-state index in [1.807, 2.05) is 0 Å². The lowest BCUT2D eigenvalue weighted by Crippen LogP contribution is -2.44. The van der Waals surface area contributed by atoms with Crippen LogP contribution < -0.4 is 5.73 Å². The Morgan fingerprint density at radius 1 is 1.50 bits per heavy atom. The van der Waals surface area contributed by atoms with Gasteiger partial charge in [-0.3, -0.25) is 4.79 Å². The van der Waals surface area contributed by atoms with Crippen molar-refractivity contribution in [2.24, 2.45) is 11.7 Å². The maximum atomic E-state index is 11.8. The third-order valence-corrected chi connectivity index (χ3v) is 1.84. The molecule has 0 saturated heterocycles. The first-order valence-electron chi connectivity index (χ1n) is 3.67. The lowest BCUT2D eigenvalue weighted by molar-refractivity contribution is -0.173. The Morgan fingerprint density at radius 3 is 2.17 bits per heavy atom. The summed E-state index contributed by atoms with van der Waals surface area (Å²) in [5, 5.41) is 0. The number of ketones is 1. The number of hydrogen-bond acceptors (Lipinski definition) is 2. The summed E-state index contributed by atoms with van der Waals surface area (Å²) < 4.78 is 35.3. The molecule has 0 aliphatic carbocycles. The molecular weight excluding hydrogens is 171 g/mol. The smallest absolute Gasteiger partial charge is 0.321 e. The van der Waals surface area contributed by atoms with Crippen molar-refractivity contribution in [3.63, 3.8) is 0 Å². The summed E-state index contributed by atoms with van der Waals surface area (Å²) in [6, 6.07) is -1.42. The van der Waals surface area contributed by atoms with Crippen LogP contribution in [0.3, 0.4) is 0 Å². The van der Waals surface area contributed by atoms with Gasteiger partial charge in [-0.25, -0.2) is 0 Å². The molecule has 72 valence electrons. The SMILES string of the molecule is CC[C@@H](C)[C@H](N)C(=O)C(F)(F)F. The second kappa shape index (κ2) is 3.89. The molecule has 0 saturated carbocycles. The van der Waals surface area contributed by atoms with Crippen molar-refractivity contribution < 1.29 is 18.0 Å². The average molecular weight is 183 g/mol. The molecule has 0 spiro atoms. The fourth-order valence-electron chi connectivity index (χ4n) is 0.701. The van der Waals surface area contributed by atoms with Crippen LogP contribution in [0.2, 0.25) is 0 Å². The number of alkyl halides is 3. The quantitative estimate of drug-likeness (QED) is 0.720. The molecule has 0 heterocycles. The minimum Gasteiger partial charge on any atom is -0.321 e. The number of nitrogens with two attached hydrogens (primary N) is 1. The molecule has 0 unspecified atom stereocenters. The normalized spacial score (nSPS) is 17.2. The lowest BCUT2D eigenvalue weighted by atomic mass is 9.96. The summed E-state index contributed by atoms with van der Waals surface area (Å²) in [5.74, 6) is -2.27. The molecule has 0 aromatic rings. The Labute approximate surface area is 68.9 Å². The van der Waals surface area contributed by atoms with Crippen molar-refractivity contribution in [1.29, 1.82) is 0 Å². The van der Waals surface area contributed by atoms with Gasteiger partial charge in [0.1, 0.15) is 0 Å². The zero-order valence-corrected chi connectivity index (χ0v) is 6.98. The van der Waals surface area contributed by atoms with Crippen LogP contribution in [0.15, 0.2) is 0 Å². The highest BCUT2D eigenvalue weighted by Gasteiger charge is 2.43. The van der Waals surface area contributed by atoms with E-state index < -0.39 is 23.9 Å². The second-order valence-corrected chi connectivity index (χ2v) is 2.77. The first-order chi connectivity index (χ1) is 5.30.